The molecule has 24 heavy (non-hydrogen) atoms. The van der Waals surface area contributed by atoms with Gasteiger partial charge in [-0.1, -0.05) is 0 Å². The van der Waals surface area contributed by atoms with Gasteiger partial charge in [0.1, 0.15) is 5.82 Å². The molecule has 8 heteroatoms. The number of imidazole rings is 1. The van der Waals surface area contributed by atoms with Crippen LogP contribution in [0.15, 0.2) is 23.1 Å². The fraction of sp³-hybridized carbons (Fsp3) is 0.250. The minimum absolute atomic E-state index is 0.0256. The number of rotatable bonds is 2. The number of nitrogens with one attached hydrogen (secondary N) is 2. The third-order valence-corrected chi connectivity index (χ3v) is 5.27. The number of aryl methyl sites for hydroxylation is 2. The largest absolute Gasteiger partial charge is 0.342 e. The lowest BCUT2D eigenvalue weighted by Gasteiger charge is -2.07. The van der Waals surface area contributed by atoms with Gasteiger partial charge < -0.3 is 10.3 Å². The Kier molecular flexibility index (Phi) is 3.33. The molecule has 0 spiro atoms. The minimum Gasteiger partial charge on any atom is -0.342 e. The van der Waals surface area contributed by atoms with Gasteiger partial charge in [-0.05, 0) is 50.0 Å². The summed E-state index contributed by atoms with van der Waals surface area (Å²) in [5, 5.41) is 7.90. The molecule has 0 bridgehead atoms. The number of carbonyl (C=O) groups excluding carboxylic acids is 1. The lowest BCUT2D eigenvalue weighted by Crippen LogP contribution is -2.12. The molecule has 2 aromatic rings. The summed E-state index contributed by atoms with van der Waals surface area (Å²) >= 11 is 0. The highest BCUT2D eigenvalue weighted by molar-refractivity contribution is 7.89. The number of aromatic nitrogens is 2. The van der Waals surface area contributed by atoms with Crippen molar-refractivity contribution in [2.75, 3.05) is 5.32 Å². The van der Waals surface area contributed by atoms with Gasteiger partial charge in [0, 0.05) is 16.9 Å². The lowest BCUT2D eigenvalue weighted by molar-refractivity contribution is -0.110. The molecular weight excluding hydrogens is 328 g/mol. The maximum Gasteiger partial charge on any atom is 0.256 e. The molecule has 0 radical (unpaired) electrons. The fourth-order valence-corrected chi connectivity index (χ4v) is 3.71. The molecule has 0 saturated heterocycles. The first-order valence-electron chi connectivity index (χ1n) is 7.70. The van der Waals surface area contributed by atoms with Gasteiger partial charge in [-0.2, -0.15) is 0 Å². The summed E-state index contributed by atoms with van der Waals surface area (Å²) in [7, 11) is -3.83. The number of hydrogen-bond donors (Lipinski definition) is 3. The number of hydrogen-bond acceptors (Lipinski definition) is 4. The Bertz CT molecular complexity index is 965. The Balaban J connectivity index is 1.79. The fourth-order valence-electron chi connectivity index (χ4n) is 3.17. The van der Waals surface area contributed by atoms with Crippen molar-refractivity contribution < 1.29 is 13.2 Å². The van der Waals surface area contributed by atoms with Crippen LogP contribution in [-0.4, -0.2) is 24.3 Å². The molecule has 1 amide bonds. The highest BCUT2D eigenvalue weighted by Gasteiger charge is 2.26. The molecule has 4 rings (SSSR count). The Morgan fingerprint density at radius 2 is 2.00 bits per heavy atom. The van der Waals surface area contributed by atoms with Crippen molar-refractivity contribution in [3.8, 4) is 0 Å². The number of nitrogens with two attached hydrogens (primary N) is 1. The monoisotopic (exact) mass is 344 g/mol. The third-order valence-electron chi connectivity index (χ3n) is 4.36. The van der Waals surface area contributed by atoms with Crippen LogP contribution in [0.3, 0.4) is 0 Å². The highest BCUT2D eigenvalue weighted by atomic mass is 32.2. The third kappa shape index (κ3) is 2.53. The molecule has 0 saturated carbocycles. The summed E-state index contributed by atoms with van der Waals surface area (Å²) in [5.41, 5.74) is 3.62. The van der Waals surface area contributed by atoms with Crippen LogP contribution < -0.4 is 10.5 Å². The predicted molar refractivity (Wildman–Crippen MR) is 89.5 cm³/mol. The van der Waals surface area contributed by atoms with E-state index in [4.69, 9.17) is 5.14 Å². The van der Waals surface area contributed by atoms with Gasteiger partial charge in [-0.3, -0.25) is 4.79 Å². The van der Waals surface area contributed by atoms with Crippen LogP contribution in [-0.2, 0) is 27.7 Å². The summed E-state index contributed by atoms with van der Waals surface area (Å²) < 4.78 is 23.1. The van der Waals surface area contributed by atoms with Crippen molar-refractivity contribution >= 4 is 33.3 Å². The molecule has 1 aliphatic heterocycles. The van der Waals surface area contributed by atoms with Crippen molar-refractivity contribution in [2.45, 2.75) is 30.6 Å². The van der Waals surface area contributed by atoms with E-state index >= 15 is 0 Å². The van der Waals surface area contributed by atoms with Gasteiger partial charge in [0.25, 0.3) is 5.91 Å². The first kappa shape index (κ1) is 15.1. The maximum atomic E-state index is 12.2. The van der Waals surface area contributed by atoms with Gasteiger partial charge >= 0.3 is 0 Å². The van der Waals surface area contributed by atoms with Crippen LogP contribution in [0.25, 0.3) is 11.6 Å². The van der Waals surface area contributed by atoms with Crippen LogP contribution in [0.4, 0.5) is 5.69 Å². The van der Waals surface area contributed by atoms with E-state index in [1.807, 2.05) is 0 Å². The second kappa shape index (κ2) is 5.29. The summed E-state index contributed by atoms with van der Waals surface area (Å²) in [4.78, 5) is 20.0. The Labute approximate surface area is 139 Å². The van der Waals surface area contributed by atoms with Crippen molar-refractivity contribution in [3.63, 3.8) is 0 Å². The van der Waals surface area contributed by atoms with E-state index in [9.17, 15) is 13.2 Å². The maximum absolute atomic E-state index is 12.2. The molecule has 124 valence electrons. The number of amides is 1. The van der Waals surface area contributed by atoms with E-state index in [0.29, 0.717) is 22.6 Å². The zero-order valence-corrected chi connectivity index (χ0v) is 13.6. The van der Waals surface area contributed by atoms with E-state index in [2.05, 4.69) is 15.3 Å². The Morgan fingerprint density at radius 1 is 1.21 bits per heavy atom. The van der Waals surface area contributed by atoms with Crippen LogP contribution in [0.5, 0.6) is 0 Å². The first-order chi connectivity index (χ1) is 11.4. The summed E-state index contributed by atoms with van der Waals surface area (Å²) in [6, 6.07) is 4.33. The lowest BCUT2D eigenvalue weighted by atomic mass is 10.0. The van der Waals surface area contributed by atoms with Crippen molar-refractivity contribution in [1.82, 2.24) is 9.97 Å². The second-order valence-corrected chi connectivity index (χ2v) is 7.58. The smallest absolute Gasteiger partial charge is 0.256 e. The van der Waals surface area contributed by atoms with Crippen LogP contribution in [0.2, 0.25) is 0 Å². The molecule has 2 heterocycles. The number of aromatic amines is 1. The zero-order valence-electron chi connectivity index (χ0n) is 12.8. The molecule has 0 atom stereocenters. The van der Waals surface area contributed by atoms with Crippen molar-refractivity contribution in [3.05, 3.63) is 41.0 Å². The number of anilines is 1. The summed E-state index contributed by atoms with van der Waals surface area (Å²) in [5.74, 6) is 0.326. The first-order valence-corrected chi connectivity index (χ1v) is 9.24. The minimum atomic E-state index is -3.83. The van der Waals surface area contributed by atoms with Crippen molar-refractivity contribution in [1.29, 1.82) is 0 Å². The highest BCUT2D eigenvalue weighted by Crippen LogP contribution is 2.34. The Morgan fingerprint density at radius 3 is 2.75 bits per heavy atom. The molecule has 0 unspecified atom stereocenters. The van der Waals surface area contributed by atoms with Gasteiger partial charge in [0.15, 0.2) is 0 Å². The van der Waals surface area contributed by atoms with Gasteiger partial charge in [-0.25, -0.2) is 18.5 Å². The summed E-state index contributed by atoms with van der Waals surface area (Å²) in [6.07, 6.45) is 5.81. The summed E-state index contributed by atoms with van der Waals surface area (Å²) in [6.45, 7) is 0. The molecular formula is C16H16N4O3S. The number of nitrogens with zero attached hydrogens (tertiary/aromatic N) is 1. The average Bonchev–Trinajstić information content (AvgIpc) is 3.07. The van der Waals surface area contributed by atoms with E-state index in [-0.39, 0.29) is 10.8 Å². The predicted octanol–water partition coefficient (Wildman–Crippen LogP) is 1.43. The van der Waals surface area contributed by atoms with Gasteiger partial charge in [0.05, 0.1) is 16.2 Å². The standard InChI is InChI=1S/C16H16N4O3S/c17-24(22,23)9-5-6-12-10(7-9)11(16(21)20-12)8-15-18-13-3-1-2-4-14(13)19-15/h5-8H,1-4H2,(H,18,19)(H,20,21)(H2,17,22,23). The number of primary sulfonamides is 1. The number of fused-ring (bicyclic) bond motifs is 2. The topological polar surface area (TPSA) is 118 Å². The van der Waals surface area contributed by atoms with Crippen LogP contribution in [0.1, 0.15) is 35.6 Å². The molecule has 1 aliphatic carbocycles. The number of benzene rings is 1. The number of carbonyl (C=O) groups is 1. The average molecular weight is 344 g/mol. The SMILES string of the molecule is NS(=O)(=O)c1ccc2c(c1)C(=Cc1nc3c([nH]1)CCCC3)C(=O)N2. The number of sulfonamides is 1. The number of H-pyrrole nitrogens is 1. The molecule has 2 aliphatic rings. The zero-order chi connectivity index (χ0) is 16.9. The normalized spacial score (nSPS) is 18.4. The molecule has 1 aromatic carbocycles. The van der Waals surface area contributed by atoms with Crippen LogP contribution in [0, 0.1) is 0 Å². The van der Waals surface area contributed by atoms with Crippen molar-refractivity contribution in [2.24, 2.45) is 5.14 Å². The quantitative estimate of drug-likeness (QED) is 0.714. The molecule has 4 N–H and O–H groups in total. The van der Waals surface area contributed by atoms with Gasteiger partial charge in [-0.15, -0.1) is 0 Å². The second-order valence-electron chi connectivity index (χ2n) is 6.02. The van der Waals surface area contributed by atoms with E-state index < -0.39 is 10.0 Å². The van der Waals surface area contributed by atoms with E-state index in [1.165, 1.54) is 12.1 Å². The van der Waals surface area contributed by atoms with E-state index in [1.54, 1.807) is 12.1 Å². The molecule has 1 aromatic heterocycles. The van der Waals surface area contributed by atoms with Gasteiger partial charge in [0.2, 0.25) is 10.0 Å². The molecule has 7 nitrogen and oxygen atoms in total. The molecule has 0 fully saturated rings. The van der Waals surface area contributed by atoms with E-state index in [0.717, 1.165) is 37.1 Å². The van der Waals surface area contributed by atoms with Crippen LogP contribution >= 0.6 is 0 Å². The Hall–Kier alpha value is -2.45.